The summed E-state index contributed by atoms with van der Waals surface area (Å²) >= 11 is 5.72. The van der Waals surface area contributed by atoms with E-state index in [-0.39, 0.29) is 24.1 Å². The third-order valence-electron chi connectivity index (χ3n) is 2.04. The molecule has 0 bridgehead atoms. The Bertz CT molecular complexity index is 387. The maximum Gasteiger partial charge on any atom is 0.441 e. The standard InChI is InChI=1S/C11H13ClF3NOS/c12-9-1-2-10(8(7-9)3-4-16)17-5-6-18-11(13,14)15/h1-2,7H,3-6,16H2. The molecule has 0 fully saturated rings. The van der Waals surface area contributed by atoms with E-state index < -0.39 is 5.51 Å². The van der Waals surface area contributed by atoms with Crippen LogP contribution in [0.4, 0.5) is 13.2 Å². The molecule has 0 aliphatic heterocycles. The third-order valence-corrected chi connectivity index (χ3v) is 2.98. The SMILES string of the molecule is NCCc1cc(Cl)ccc1OCCSC(F)(F)F. The summed E-state index contributed by atoms with van der Waals surface area (Å²) in [4.78, 5) is 0. The lowest BCUT2D eigenvalue weighted by Gasteiger charge is -2.12. The molecule has 1 aromatic rings. The summed E-state index contributed by atoms with van der Waals surface area (Å²) < 4.78 is 41.0. The molecule has 0 unspecified atom stereocenters. The van der Waals surface area contributed by atoms with Crippen molar-refractivity contribution in [2.45, 2.75) is 11.9 Å². The van der Waals surface area contributed by atoms with E-state index in [2.05, 4.69) is 0 Å². The highest BCUT2D eigenvalue weighted by molar-refractivity contribution is 8.00. The number of halogens is 4. The first-order valence-electron chi connectivity index (χ1n) is 5.24. The zero-order valence-electron chi connectivity index (χ0n) is 9.47. The monoisotopic (exact) mass is 299 g/mol. The van der Waals surface area contributed by atoms with Gasteiger partial charge in [0, 0.05) is 10.8 Å². The van der Waals surface area contributed by atoms with Gasteiger partial charge in [-0.05, 0) is 48.5 Å². The minimum Gasteiger partial charge on any atom is -0.492 e. The van der Waals surface area contributed by atoms with E-state index in [9.17, 15) is 13.2 Å². The van der Waals surface area contributed by atoms with Gasteiger partial charge in [-0.1, -0.05) is 11.6 Å². The summed E-state index contributed by atoms with van der Waals surface area (Å²) in [6.07, 6.45) is 0.572. The number of hydrogen-bond donors (Lipinski definition) is 1. The van der Waals surface area contributed by atoms with Crippen LogP contribution in [0.25, 0.3) is 0 Å². The average molecular weight is 300 g/mol. The molecule has 102 valence electrons. The minimum atomic E-state index is -4.22. The number of hydrogen-bond acceptors (Lipinski definition) is 3. The predicted octanol–water partition coefficient (Wildman–Crippen LogP) is 3.47. The summed E-state index contributed by atoms with van der Waals surface area (Å²) in [6.45, 7) is 0.414. The van der Waals surface area contributed by atoms with Crippen LogP contribution in [0.15, 0.2) is 18.2 Å². The van der Waals surface area contributed by atoms with Crippen molar-refractivity contribution in [2.24, 2.45) is 5.73 Å². The van der Waals surface area contributed by atoms with Crippen molar-refractivity contribution in [3.63, 3.8) is 0 Å². The Labute approximate surface area is 113 Å². The van der Waals surface area contributed by atoms with Gasteiger partial charge in [0.2, 0.25) is 0 Å². The molecule has 2 nitrogen and oxygen atoms in total. The molecule has 0 atom stereocenters. The van der Waals surface area contributed by atoms with Crippen molar-refractivity contribution in [1.82, 2.24) is 0 Å². The highest BCUT2D eigenvalue weighted by Gasteiger charge is 2.27. The van der Waals surface area contributed by atoms with Gasteiger partial charge in [-0.3, -0.25) is 0 Å². The highest BCUT2D eigenvalue weighted by atomic mass is 35.5. The van der Waals surface area contributed by atoms with Crippen LogP contribution in [0.1, 0.15) is 5.56 Å². The van der Waals surface area contributed by atoms with E-state index in [4.69, 9.17) is 22.1 Å². The molecule has 1 rings (SSSR count). The molecule has 0 saturated carbocycles. The summed E-state index contributed by atoms with van der Waals surface area (Å²) in [5, 5.41) is 0.551. The first kappa shape index (κ1) is 15.5. The molecule has 7 heteroatoms. The number of thioether (sulfide) groups is 1. The maximum absolute atomic E-state index is 11.9. The smallest absolute Gasteiger partial charge is 0.441 e. The van der Waals surface area contributed by atoms with E-state index >= 15 is 0 Å². The molecule has 0 amide bonds. The molecule has 2 N–H and O–H groups in total. The molecule has 0 heterocycles. The topological polar surface area (TPSA) is 35.2 Å². The minimum absolute atomic E-state index is 0.0105. The molecule has 0 saturated heterocycles. The first-order chi connectivity index (χ1) is 8.42. The molecule has 0 aliphatic rings. The molecular weight excluding hydrogens is 287 g/mol. The zero-order chi connectivity index (χ0) is 13.6. The summed E-state index contributed by atoms with van der Waals surface area (Å²) in [7, 11) is 0. The van der Waals surface area contributed by atoms with E-state index in [0.29, 0.717) is 23.7 Å². The Morgan fingerprint density at radius 2 is 2.06 bits per heavy atom. The average Bonchev–Trinajstić information content (AvgIpc) is 2.26. The molecule has 0 spiro atoms. The van der Waals surface area contributed by atoms with Gasteiger partial charge in [0.15, 0.2) is 0 Å². The van der Waals surface area contributed by atoms with Crippen molar-refractivity contribution >= 4 is 23.4 Å². The van der Waals surface area contributed by atoms with Gasteiger partial charge in [0.05, 0.1) is 6.61 Å². The molecule has 0 radical (unpaired) electrons. The van der Waals surface area contributed by atoms with E-state index in [1.165, 1.54) is 0 Å². The van der Waals surface area contributed by atoms with Crippen LogP contribution >= 0.6 is 23.4 Å². The lowest BCUT2D eigenvalue weighted by molar-refractivity contribution is -0.0329. The molecule has 18 heavy (non-hydrogen) atoms. The van der Waals surface area contributed by atoms with Gasteiger partial charge in [0.25, 0.3) is 0 Å². The third kappa shape index (κ3) is 5.84. The summed E-state index contributed by atoms with van der Waals surface area (Å²) in [5.74, 6) is 0.390. The van der Waals surface area contributed by atoms with E-state index in [0.717, 1.165) is 5.56 Å². The Kier molecular flexibility index (Phi) is 6.11. The van der Waals surface area contributed by atoms with Crippen LogP contribution < -0.4 is 10.5 Å². The molecule has 0 aromatic heterocycles. The van der Waals surface area contributed by atoms with Crippen LogP contribution in [0, 0.1) is 0 Å². The van der Waals surface area contributed by atoms with Gasteiger partial charge < -0.3 is 10.5 Å². The first-order valence-corrected chi connectivity index (χ1v) is 6.60. The Balaban J connectivity index is 2.51. The Hall–Kier alpha value is -0.590. The van der Waals surface area contributed by atoms with Crippen LogP contribution in [0.2, 0.25) is 5.02 Å². The fourth-order valence-corrected chi connectivity index (χ4v) is 1.94. The Morgan fingerprint density at radius 3 is 2.67 bits per heavy atom. The van der Waals surface area contributed by atoms with Gasteiger partial charge >= 0.3 is 5.51 Å². The Morgan fingerprint density at radius 1 is 1.33 bits per heavy atom. The number of alkyl halides is 3. The maximum atomic E-state index is 11.9. The molecule has 1 aromatic carbocycles. The van der Waals surface area contributed by atoms with Crippen molar-refractivity contribution < 1.29 is 17.9 Å². The van der Waals surface area contributed by atoms with Crippen LogP contribution in [-0.2, 0) is 6.42 Å². The van der Waals surface area contributed by atoms with Crippen molar-refractivity contribution in [2.75, 3.05) is 18.9 Å². The van der Waals surface area contributed by atoms with E-state index in [1.807, 2.05) is 0 Å². The highest BCUT2D eigenvalue weighted by Crippen LogP contribution is 2.30. The molecule has 0 aliphatic carbocycles. The summed E-state index contributed by atoms with van der Waals surface area (Å²) in [5.41, 5.74) is 2.03. The fraction of sp³-hybridized carbons (Fsp3) is 0.455. The van der Waals surface area contributed by atoms with Crippen LogP contribution in [0.5, 0.6) is 5.75 Å². The van der Waals surface area contributed by atoms with Crippen molar-refractivity contribution in [3.8, 4) is 5.75 Å². The molecular formula is C11H13ClF3NOS. The predicted molar refractivity (Wildman–Crippen MR) is 68.2 cm³/mol. The zero-order valence-corrected chi connectivity index (χ0v) is 11.0. The quantitative estimate of drug-likeness (QED) is 0.817. The van der Waals surface area contributed by atoms with Crippen LogP contribution in [-0.4, -0.2) is 24.4 Å². The van der Waals surface area contributed by atoms with Crippen molar-refractivity contribution in [1.29, 1.82) is 0 Å². The van der Waals surface area contributed by atoms with Gasteiger partial charge in [-0.25, -0.2) is 0 Å². The summed E-state index contributed by atoms with van der Waals surface area (Å²) in [6, 6.07) is 4.99. The second-order valence-corrected chi connectivity index (χ2v) is 5.03. The second kappa shape index (κ2) is 7.11. The fourth-order valence-electron chi connectivity index (χ4n) is 1.35. The number of ether oxygens (including phenoxy) is 1. The van der Waals surface area contributed by atoms with Gasteiger partial charge in [-0.2, -0.15) is 13.2 Å². The number of rotatable bonds is 6. The van der Waals surface area contributed by atoms with Gasteiger partial charge in [-0.15, -0.1) is 0 Å². The normalized spacial score (nSPS) is 11.6. The van der Waals surface area contributed by atoms with Crippen LogP contribution in [0.3, 0.4) is 0 Å². The lowest BCUT2D eigenvalue weighted by atomic mass is 10.1. The number of benzene rings is 1. The van der Waals surface area contributed by atoms with Gasteiger partial charge in [0.1, 0.15) is 5.75 Å². The lowest BCUT2D eigenvalue weighted by Crippen LogP contribution is -2.09. The van der Waals surface area contributed by atoms with Crippen molar-refractivity contribution in [3.05, 3.63) is 28.8 Å². The van der Waals surface area contributed by atoms with E-state index in [1.54, 1.807) is 18.2 Å². The number of nitrogens with two attached hydrogens (primary N) is 1. The second-order valence-electron chi connectivity index (χ2n) is 3.43. The largest absolute Gasteiger partial charge is 0.492 e.